The molecule has 0 bridgehead atoms. The summed E-state index contributed by atoms with van der Waals surface area (Å²) in [4.78, 5) is 0. The van der Waals surface area contributed by atoms with Crippen LogP contribution in [0.5, 0.6) is 0 Å². The standard InChI is InChI=1S/C38H49F/c1-3-5-7-9-30-11-13-31(14-12-30)15-16-32-17-19-33(20-18-32)21-22-34-23-26-36(27-24-34)37-28-25-35(29-38(37)39)10-8-6-4-2/h15-17,19,23-33H,3-14,18,20H2,1-2H3. The smallest absolute Gasteiger partial charge is 0.131 e. The van der Waals surface area contributed by atoms with E-state index in [1.807, 2.05) is 30.3 Å². The number of hydrogen-bond donors (Lipinski definition) is 0. The van der Waals surface area contributed by atoms with Gasteiger partial charge in [0.15, 0.2) is 0 Å². The zero-order chi connectivity index (χ0) is 27.3. The molecule has 0 saturated heterocycles. The van der Waals surface area contributed by atoms with Gasteiger partial charge in [0.05, 0.1) is 0 Å². The summed E-state index contributed by atoms with van der Waals surface area (Å²) in [5.41, 5.74) is 3.67. The zero-order valence-electron chi connectivity index (χ0n) is 24.4. The van der Waals surface area contributed by atoms with Gasteiger partial charge in [0.1, 0.15) is 5.82 Å². The number of benzene rings is 2. The van der Waals surface area contributed by atoms with Gasteiger partial charge in [-0.3, -0.25) is 0 Å². The Morgan fingerprint density at radius 1 is 0.795 bits per heavy atom. The summed E-state index contributed by atoms with van der Waals surface area (Å²) in [5.74, 6) is 9.35. The van der Waals surface area contributed by atoms with Crippen LogP contribution in [0.4, 0.5) is 4.39 Å². The van der Waals surface area contributed by atoms with E-state index in [2.05, 4.69) is 56.1 Å². The molecule has 2 atom stereocenters. The number of unbranched alkanes of at least 4 members (excludes halogenated alkanes) is 4. The van der Waals surface area contributed by atoms with E-state index < -0.39 is 0 Å². The van der Waals surface area contributed by atoms with Crippen molar-refractivity contribution in [1.29, 1.82) is 0 Å². The van der Waals surface area contributed by atoms with Crippen LogP contribution in [-0.2, 0) is 6.42 Å². The first-order valence-electron chi connectivity index (χ1n) is 15.9. The molecule has 2 aromatic rings. The molecule has 0 radical (unpaired) electrons. The lowest BCUT2D eigenvalue weighted by atomic mass is 9.79. The summed E-state index contributed by atoms with van der Waals surface area (Å²) in [6, 6.07) is 13.7. The monoisotopic (exact) mass is 524 g/mol. The summed E-state index contributed by atoms with van der Waals surface area (Å²) in [7, 11) is 0. The molecule has 0 heterocycles. The zero-order valence-corrected chi connectivity index (χ0v) is 24.4. The summed E-state index contributed by atoms with van der Waals surface area (Å²) >= 11 is 0. The van der Waals surface area contributed by atoms with Crippen LogP contribution in [-0.4, -0.2) is 0 Å². The maximum absolute atomic E-state index is 14.8. The van der Waals surface area contributed by atoms with Crippen molar-refractivity contribution < 1.29 is 4.39 Å². The lowest BCUT2D eigenvalue weighted by Gasteiger charge is -2.27. The van der Waals surface area contributed by atoms with Gasteiger partial charge in [-0.1, -0.05) is 113 Å². The topological polar surface area (TPSA) is 0 Å². The molecule has 0 spiro atoms. The Bertz CT molecular complexity index is 1120. The first kappa shape index (κ1) is 29.4. The van der Waals surface area contributed by atoms with Gasteiger partial charge in [0.25, 0.3) is 0 Å². The molecule has 0 N–H and O–H groups in total. The lowest BCUT2D eigenvalue weighted by molar-refractivity contribution is 0.289. The number of allylic oxidation sites excluding steroid dienone is 4. The summed E-state index contributed by atoms with van der Waals surface area (Å²) in [6.07, 6.45) is 27.7. The van der Waals surface area contributed by atoms with E-state index in [9.17, 15) is 4.39 Å². The van der Waals surface area contributed by atoms with Gasteiger partial charge < -0.3 is 0 Å². The minimum Gasteiger partial charge on any atom is -0.206 e. The average molecular weight is 525 g/mol. The maximum Gasteiger partial charge on any atom is 0.131 e. The van der Waals surface area contributed by atoms with Crippen LogP contribution >= 0.6 is 0 Å². The van der Waals surface area contributed by atoms with Gasteiger partial charge in [-0.2, -0.15) is 0 Å². The summed E-state index contributed by atoms with van der Waals surface area (Å²) < 4.78 is 14.8. The molecule has 2 aliphatic rings. The number of rotatable bonds is 11. The van der Waals surface area contributed by atoms with Crippen molar-refractivity contribution in [3.05, 3.63) is 83.7 Å². The van der Waals surface area contributed by atoms with Crippen LogP contribution in [0.1, 0.15) is 108 Å². The van der Waals surface area contributed by atoms with E-state index in [0.717, 1.165) is 47.8 Å². The Morgan fingerprint density at radius 2 is 1.56 bits per heavy atom. The molecule has 208 valence electrons. The second-order valence-electron chi connectivity index (χ2n) is 12.0. The maximum atomic E-state index is 14.8. The van der Waals surface area contributed by atoms with Gasteiger partial charge >= 0.3 is 0 Å². The third-order valence-corrected chi connectivity index (χ3v) is 8.84. The molecule has 2 unspecified atom stereocenters. The minimum absolute atomic E-state index is 0.131. The van der Waals surface area contributed by atoms with Crippen molar-refractivity contribution in [1.82, 2.24) is 0 Å². The molecule has 0 aliphatic heterocycles. The van der Waals surface area contributed by atoms with E-state index in [0.29, 0.717) is 17.4 Å². The van der Waals surface area contributed by atoms with Crippen molar-refractivity contribution in [2.45, 2.75) is 104 Å². The fourth-order valence-corrected chi connectivity index (χ4v) is 6.21. The van der Waals surface area contributed by atoms with E-state index >= 15 is 0 Å². The molecule has 0 nitrogen and oxygen atoms in total. The normalized spacial score (nSPS) is 23.1. The van der Waals surface area contributed by atoms with Crippen LogP contribution < -0.4 is 0 Å². The number of halogens is 1. The van der Waals surface area contributed by atoms with E-state index in [-0.39, 0.29) is 5.82 Å². The third kappa shape index (κ3) is 9.53. The highest BCUT2D eigenvalue weighted by Crippen LogP contribution is 2.33. The molecule has 4 rings (SSSR count). The Kier molecular flexibility index (Phi) is 12.0. The average Bonchev–Trinajstić information content (AvgIpc) is 2.97. The van der Waals surface area contributed by atoms with Gasteiger partial charge in [0, 0.05) is 17.0 Å². The van der Waals surface area contributed by atoms with Crippen LogP contribution in [0, 0.1) is 41.3 Å². The third-order valence-electron chi connectivity index (χ3n) is 8.84. The van der Waals surface area contributed by atoms with Crippen molar-refractivity contribution in [2.75, 3.05) is 0 Å². The van der Waals surface area contributed by atoms with Crippen LogP contribution in [0.3, 0.4) is 0 Å². The van der Waals surface area contributed by atoms with Crippen molar-refractivity contribution >= 4 is 0 Å². The predicted octanol–water partition coefficient (Wildman–Crippen LogP) is 11.1. The Labute approximate surface area is 238 Å². The van der Waals surface area contributed by atoms with Crippen molar-refractivity contribution in [2.24, 2.45) is 23.7 Å². The minimum atomic E-state index is -0.131. The summed E-state index contributed by atoms with van der Waals surface area (Å²) in [6.45, 7) is 4.49. The quantitative estimate of drug-likeness (QED) is 0.156. The highest BCUT2D eigenvalue weighted by Gasteiger charge is 2.19. The molecule has 0 amide bonds. The second kappa shape index (κ2) is 15.9. The lowest BCUT2D eigenvalue weighted by Crippen LogP contribution is -2.13. The Balaban J connectivity index is 1.23. The molecule has 2 aliphatic carbocycles. The number of aryl methyl sites for hydroxylation is 1. The highest BCUT2D eigenvalue weighted by atomic mass is 19.1. The molecule has 1 heteroatoms. The molecule has 2 aromatic carbocycles. The van der Waals surface area contributed by atoms with Crippen LogP contribution in [0.25, 0.3) is 11.1 Å². The largest absolute Gasteiger partial charge is 0.206 e. The molecule has 1 saturated carbocycles. The Hall–Kier alpha value is -2.59. The molecule has 0 aromatic heterocycles. The molecular weight excluding hydrogens is 475 g/mol. The fourth-order valence-electron chi connectivity index (χ4n) is 6.21. The second-order valence-corrected chi connectivity index (χ2v) is 12.0. The van der Waals surface area contributed by atoms with E-state index in [4.69, 9.17) is 0 Å². The van der Waals surface area contributed by atoms with Crippen molar-refractivity contribution in [3.63, 3.8) is 0 Å². The van der Waals surface area contributed by atoms with Gasteiger partial charge in [-0.05, 0) is 98.4 Å². The molecule has 39 heavy (non-hydrogen) atoms. The van der Waals surface area contributed by atoms with E-state index in [1.54, 1.807) is 6.07 Å². The van der Waals surface area contributed by atoms with Crippen LogP contribution in [0.15, 0.2) is 66.8 Å². The van der Waals surface area contributed by atoms with Crippen molar-refractivity contribution in [3.8, 4) is 23.0 Å². The van der Waals surface area contributed by atoms with Gasteiger partial charge in [0.2, 0.25) is 0 Å². The predicted molar refractivity (Wildman–Crippen MR) is 166 cm³/mol. The van der Waals surface area contributed by atoms with Gasteiger partial charge in [-0.25, -0.2) is 4.39 Å². The molecule has 1 fully saturated rings. The molecular formula is C38H49F. The van der Waals surface area contributed by atoms with Crippen LogP contribution in [0.2, 0.25) is 0 Å². The highest BCUT2D eigenvalue weighted by molar-refractivity contribution is 5.65. The number of hydrogen-bond acceptors (Lipinski definition) is 0. The summed E-state index contributed by atoms with van der Waals surface area (Å²) in [5, 5.41) is 0. The Morgan fingerprint density at radius 3 is 2.26 bits per heavy atom. The SMILES string of the molecule is CCCCCc1ccc(-c2ccc(C#CC3C=CC(C=CC4CCC(CCCCC)CC4)CC3)cc2)c(F)c1. The van der Waals surface area contributed by atoms with Gasteiger partial charge in [-0.15, -0.1) is 0 Å². The first-order chi connectivity index (χ1) is 19.1. The first-order valence-corrected chi connectivity index (χ1v) is 15.9. The van der Waals surface area contributed by atoms with E-state index in [1.165, 1.54) is 70.6 Å². The fraction of sp³-hybridized carbons (Fsp3) is 0.526.